The minimum absolute atomic E-state index is 0.268. The average molecular weight is 290 g/mol. The maximum atomic E-state index is 14.2. The SMILES string of the molecule is COc1ccc(C(O)c2c(C)cc(C)cc2F)c(OC)c1. The van der Waals surface area contributed by atoms with Crippen LogP contribution in [0.5, 0.6) is 11.5 Å². The first-order chi connectivity index (χ1) is 9.97. The molecule has 0 spiro atoms. The molecule has 0 heterocycles. The quantitative estimate of drug-likeness (QED) is 0.936. The second-order valence-electron chi connectivity index (χ2n) is 4.99. The third-order valence-electron chi connectivity index (χ3n) is 3.49. The van der Waals surface area contributed by atoms with Gasteiger partial charge in [0.2, 0.25) is 0 Å². The van der Waals surface area contributed by atoms with Gasteiger partial charge in [-0.05, 0) is 43.2 Å². The van der Waals surface area contributed by atoms with E-state index in [4.69, 9.17) is 9.47 Å². The van der Waals surface area contributed by atoms with Crippen LogP contribution in [0.2, 0.25) is 0 Å². The molecule has 0 aromatic heterocycles. The van der Waals surface area contributed by atoms with Crippen LogP contribution in [0, 0.1) is 19.7 Å². The largest absolute Gasteiger partial charge is 0.497 e. The monoisotopic (exact) mass is 290 g/mol. The molecule has 2 aromatic carbocycles. The van der Waals surface area contributed by atoms with Crippen molar-refractivity contribution < 1.29 is 19.0 Å². The van der Waals surface area contributed by atoms with Gasteiger partial charge < -0.3 is 14.6 Å². The molecule has 2 rings (SSSR count). The Morgan fingerprint density at radius 2 is 1.76 bits per heavy atom. The zero-order valence-electron chi connectivity index (χ0n) is 12.6. The summed E-state index contributed by atoms with van der Waals surface area (Å²) in [5, 5.41) is 10.6. The van der Waals surface area contributed by atoms with Crippen LogP contribution in [0.15, 0.2) is 30.3 Å². The van der Waals surface area contributed by atoms with Crippen LogP contribution in [-0.2, 0) is 0 Å². The standard InChI is InChI=1S/C17H19FO3/c1-10-7-11(2)16(14(18)8-10)17(19)13-6-5-12(20-3)9-15(13)21-4/h5-9,17,19H,1-4H3. The van der Waals surface area contributed by atoms with Crippen molar-refractivity contribution in [3.05, 3.63) is 58.4 Å². The number of aliphatic hydroxyl groups is 1. The van der Waals surface area contributed by atoms with Crippen LogP contribution >= 0.6 is 0 Å². The summed E-state index contributed by atoms with van der Waals surface area (Å²) in [6.07, 6.45) is -1.09. The molecule has 1 atom stereocenters. The van der Waals surface area contributed by atoms with E-state index in [0.717, 1.165) is 5.56 Å². The van der Waals surface area contributed by atoms with E-state index in [0.29, 0.717) is 22.6 Å². The molecule has 1 N–H and O–H groups in total. The zero-order valence-corrected chi connectivity index (χ0v) is 12.6. The van der Waals surface area contributed by atoms with Gasteiger partial charge >= 0.3 is 0 Å². The summed E-state index contributed by atoms with van der Waals surface area (Å²) in [6, 6.07) is 8.32. The van der Waals surface area contributed by atoms with E-state index in [2.05, 4.69) is 0 Å². The number of methoxy groups -OCH3 is 2. The zero-order chi connectivity index (χ0) is 15.6. The molecular weight excluding hydrogens is 271 g/mol. The summed E-state index contributed by atoms with van der Waals surface area (Å²) in [6.45, 7) is 3.60. The van der Waals surface area contributed by atoms with Crippen LogP contribution in [0.3, 0.4) is 0 Å². The van der Waals surface area contributed by atoms with Gasteiger partial charge in [0, 0.05) is 17.2 Å². The van der Waals surface area contributed by atoms with Crippen molar-refractivity contribution in [3.63, 3.8) is 0 Å². The molecule has 0 radical (unpaired) electrons. The van der Waals surface area contributed by atoms with Crippen molar-refractivity contribution >= 4 is 0 Å². The molecule has 0 saturated heterocycles. The minimum Gasteiger partial charge on any atom is -0.497 e. The molecule has 4 heteroatoms. The number of hydrogen-bond donors (Lipinski definition) is 1. The lowest BCUT2D eigenvalue weighted by Gasteiger charge is -2.19. The number of halogens is 1. The van der Waals surface area contributed by atoms with Gasteiger partial charge in [-0.15, -0.1) is 0 Å². The molecule has 0 amide bonds. The summed E-state index contributed by atoms with van der Waals surface area (Å²) < 4.78 is 24.6. The van der Waals surface area contributed by atoms with Gasteiger partial charge in [0.05, 0.1) is 14.2 Å². The van der Waals surface area contributed by atoms with Crippen LogP contribution in [0.4, 0.5) is 4.39 Å². The number of aryl methyl sites for hydroxylation is 2. The number of ether oxygens (including phenoxy) is 2. The molecule has 0 saturated carbocycles. The van der Waals surface area contributed by atoms with Gasteiger partial charge in [0.15, 0.2) is 0 Å². The Hall–Kier alpha value is -2.07. The fraction of sp³-hybridized carbons (Fsp3) is 0.294. The lowest BCUT2D eigenvalue weighted by atomic mass is 9.95. The van der Waals surface area contributed by atoms with E-state index in [9.17, 15) is 9.50 Å². The highest BCUT2D eigenvalue weighted by Gasteiger charge is 2.21. The third kappa shape index (κ3) is 3.00. The first kappa shape index (κ1) is 15.3. The molecule has 0 fully saturated rings. The predicted octanol–water partition coefficient (Wildman–Crippen LogP) is 3.54. The van der Waals surface area contributed by atoms with E-state index in [1.807, 2.05) is 13.0 Å². The van der Waals surface area contributed by atoms with Gasteiger partial charge in [0.1, 0.15) is 23.4 Å². The Balaban J connectivity index is 2.52. The van der Waals surface area contributed by atoms with E-state index < -0.39 is 11.9 Å². The predicted molar refractivity (Wildman–Crippen MR) is 79.5 cm³/mol. The van der Waals surface area contributed by atoms with Gasteiger partial charge in [-0.25, -0.2) is 4.39 Å². The summed E-state index contributed by atoms with van der Waals surface area (Å²) >= 11 is 0. The fourth-order valence-corrected chi connectivity index (χ4v) is 2.47. The van der Waals surface area contributed by atoms with Crippen LogP contribution < -0.4 is 9.47 Å². The Bertz CT molecular complexity index is 629. The highest BCUT2D eigenvalue weighted by molar-refractivity contribution is 5.47. The van der Waals surface area contributed by atoms with E-state index in [1.54, 1.807) is 32.2 Å². The van der Waals surface area contributed by atoms with Crippen molar-refractivity contribution in [1.82, 2.24) is 0 Å². The van der Waals surface area contributed by atoms with Gasteiger partial charge in [-0.2, -0.15) is 0 Å². The molecule has 0 bridgehead atoms. The molecule has 1 unspecified atom stereocenters. The molecule has 112 valence electrons. The highest BCUT2D eigenvalue weighted by Crippen LogP contribution is 2.35. The molecule has 2 aromatic rings. The lowest BCUT2D eigenvalue weighted by Crippen LogP contribution is -2.07. The van der Waals surface area contributed by atoms with Gasteiger partial charge in [0.25, 0.3) is 0 Å². The van der Waals surface area contributed by atoms with Crippen molar-refractivity contribution in [2.24, 2.45) is 0 Å². The van der Waals surface area contributed by atoms with Crippen LogP contribution in [0.1, 0.15) is 28.4 Å². The molecular formula is C17H19FO3. The minimum atomic E-state index is -1.09. The number of benzene rings is 2. The molecule has 0 aliphatic carbocycles. The number of rotatable bonds is 4. The summed E-state index contributed by atoms with van der Waals surface area (Å²) in [5.74, 6) is 0.656. The smallest absolute Gasteiger partial charge is 0.129 e. The van der Waals surface area contributed by atoms with Crippen molar-refractivity contribution in [1.29, 1.82) is 0 Å². The second kappa shape index (κ2) is 6.14. The molecule has 0 aliphatic rings. The topological polar surface area (TPSA) is 38.7 Å². The van der Waals surface area contributed by atoms with Crippen molar-refractivity contribution in [3.8, 4) is 11.5 Å². The maximum absolute atomic E-state index is 14.2. The Morgan fingerprint density at radius 3 is 2.33 bits per heavy atom. The van der Waals surface area contributed by atoms with Gasteiger partial charge in [-0.3, -0.25) is 0 Å². The average Bonchev–Trinajstić information content (AvgIpc) is 2.45. The van der Waals surface area contributed by atoms with Crippen LogP contribution in [-0.4, -0.2) is 19.3 Å². The number of hydrogen-bond acceptors (Lipinski definition) is 3. The van der Waals surface area contributed by atoms with Crippen LogP contribution in [0.25, 0.3) is 0 Å². The first-order valence-corrected chi connectivity index (χ1v) is 6.64. The maximum Gasteiger partial charge on any atom is 0.129 e. The fourth-order valence-electron chi connectivity index (χ4n) is 2.47. The molecule has 21 heavy (non-hydrogen) atoms. The lowest BCUT2D eigenvalue weighted by molar-refractivity contribution is 0.208. The second-order valence-corrected chi connectivity index (χ2v) is 4.99. The number of aliphatic hydroxyl groups excluding tert-OH is 1. The normalized spacial score (nSPS) is 12.1. The third-order valence-corrected chi connectivity index (χ3v) is 3.49. The van der Waals surface area contributed by atoms with E-state index in [1.165, 1.54) is 13.2 Å². The van der Waals surface area contributed by atoms with Crippen molar-refractivity contribution in [2.75, 3.05) is 14.2 Å². The van der Waals surface area contributed by atoms with E-state index in [-0.39, 0.29) is 5.56 Å². The van der Waals surface area contributed by atoms with Crippen molar-refractivity contribution in [2.45, 2.75) is 20.0 Å². The summed E-state index contributed by atoms with van der Waals surface area (Å²) in [5.41, 5.74) is 2.30. The van der Waals surface area contributed by atoms with E-state index >= 15 is 0 Å². The Labute approximate surface area is 124 Å². The molecule has 0 aliphatic heterocycles. The van der Waals surface area contributed by atoms with Gasteiger partial charge in [-0.1, -0.05) is 6.07 Å². The molecule has 3 nitrogen and oxygen atoms in total. The summed E-state index contributed by atoms with van der Waals surface area (Å²) in [4.78, 5) is 0. The Kier molecular flexibility index (Phi) is 4.48. The first-order valence-electron chi connectivity index (χ1n) is 6.64. The summed E-state index contributed by atoms with van der Waals surface area (Å²) in [7, 11) is 3.05. The Morgan fingerprint density at radius 1 is 1.05 bits per heavy atom. The highest BCUT2D eigenvalue weighted by atomic mass is 19.1.